The molecular formula is C23H25F3N4O3. The summed E-state index contributed by atoms with van der Waals surface area (Å²) in [4.78, 5) is 37.9. The van der Waals surface area contributed by atoms with Crippen molar-refractivity contribution >= 4 is 23.5 Å². The third kappa shape index (κ3) is 7.23. The van der Waals surface area contributed by atoms with Crippen molar-refractivity contribution in [1.82, 2.24) is 15.5 Å². The maximum absolute atomic E-state index is 12.4. The molecule has 0 unspecified atom stereocenters. The summed E-state index contributed by atoms with van der Waals surface area (Å²) in [5.41, 5.74) is 2.79. The molecule has 2 aromatic carbocycles. The molecule has 1 fully saturated rings. The molecule has 2 aromatic rings. The van der Waals surface area contributed by atoms with E-state index in [0.717, 1.165) is 24.1 Å². The average molecular weight is 462 g/mol. The number of hydrogen-bond donors (Lipinski definition) is 3. The lowest BCUT2D eigenvalue weighted by Gasteiger charge is -2.16. The van der Waals surface area contributed by atoms with E-state index >= 15 is 0 Å². The molecule has 0 bridgehead atoms. The van der Waals surface area contributed by atoms with Crippen LogP contribution in [-0.4, -0.2) is 42.0 Å². The van der Waals surface area contributed by atoms with Gasteiger partial charge in [0.05, 0.1) is 0 Å². The fourth-order valence-corrected chi connectivity index (χ4v) is 3.46. The van der Waals surface area contributed by atoms with Crippen LogP contribution in [0.4, 0.5) is 23.7 Å². The molecule has 3 rings (SSSR count). The van der Waals surface area contributed by atoms with E-state index in [1.54, 1.807) is 23.2 Å². The third-order valence-electron chi connectivity index (χ3n) is 5.19. The minimum atomic E-state index is -4.51. The first-order valence-electron chi connectivity index (χ1n) is 10.5. The first-order chi connectivity index (χ1) is 15.6. The second-order valence-corrected chi connectivity index (χ2v) is 7.87. The zero-order valence-electron chi connectivity index (χ0n) is 18.1. The number of alkyl halides is 3. The van der Waals surface area contributed by atoms with Crippen LogP contribution in [0.5, 0.6) is 0 Å². The normalized spacial score (nSPS) is 13.7. The highest BCUT2D eigenvalue weighted by molar-refractivity contribution is 5.97. The highest BCUT2D eigenvalue weighted by Gasteiger charge is 2.28. The van der Waals surface area contributed by atoms with Crippen molar-refractivity contribution in [3.05, 3.63) is 64.7 Å². The second kappa shape index (κ2) is 10.4. The van der Waals surface area contributed by atoms with Crippen molar-refractivity contribution in [3.63, 3.8) is 0 Å². The number of benzene rings is 2. The van der Waals surface area contributed by atoms with Crippen molar-refractivity contribution in [2.24, 2.45) is 0 Å². The van der Waals surface area contributed by atoms with Crippen molar-refractivity contribution in [2.45, 2.75) is 39.0 Å². The Morgan fingerprint density at radius 1 is 1.06 bits per heavy atom. The molecule has 1 aliphatic heterocycles. The molecule has 10 heteroatoms. The number of nitrogens with one attached hydrogen (secondary N) is 3. The lowest BCUT2D eigenvalue weighted by molar-refractivity contribution is -0.128. The van der Waals surface area contributed by atoms with E-state index in [1.807, 2.05) is 24.3 Å². The first-order valence-corrected chi connectivity index (χ1v) is 10.5. The van der Waals surface area contributed by atoms with Crippen LogP contribution < -0.4 is 16.0 Å². The van der Waals surface area contributed by atoms with Crippen LogP contribution in [0.1, 0.15) is 39.9 Å². The third-order valence-corrected chi connectivity index (χ3v) is 5.19. The number of halogens is 3. The molecule has 1 aliphatic rings. The minimum absolute atomic E-state index is 0.00399. The number of likely N-dealkylation sites (tertiary alicyclic amines) is 1. The molecule has 0 aliphatic carbocycles. The number of amides is 4. The van der Waals surface area contributed by atoms with E-state index in [1.165, 1.54) is 12.1 Å². The number of urea groups is 1. The molecule has 3 N–H and O–H groups in total. The summed E-state index contributed by atoms with van der Waals surface area (Å²) in [5.74, 6) is -0.744. The summed E-state index contributed by atoms with van der Waals surface area (Å²) in [6.07, 6.45) is -3.07. The van der Waals surface area contributed by atoms with Gasteiger partial charge in [-0.15, -0.1) is 0 Å². The topological polar surface area (TPSA) is 90.5 Å². The number of nitrogens with zero attached hydrogens (tertiary/aromatic N) is 1. The molecule has 0 saturated carbocycles. The van der Waals surface area contributed by atoms with Crippen molar-refractivity contribution < 1.29 is 27.6 Å². The smallest absolute Gasteiger partial charge is 0.343 e. The van der Waals surface area contributed by atoms with Crippen molar-refractivity contribution in [2.75, 3.05) is 18.4 Å². The van der Waals surface area contributed by atoms with Gasteiger partial charge in [0.15, 0.2) is 0 Å². The number of carbonyl (C=O) groups excluding carboxylic acids is 3. The number of carbonyl (C=O) groups is 3. The van der Waals surface area contributed by atoms with Crippen LogP contribution in [0.3, 0.4) is 0 Å². The number of anilines is 1. The Balaban J connectivity index is 1.56. The van der Waals surface area contributed by atoms with Gasteiger partial charge in [0.25, 0.3) is 5.91 Å². The molecule has 1 heterocycles. The monoisotopic (exact) mass is 462 g/mol. The number of aryl methyl sites for hydroxylation is 1. The highest BCUT2D eigenvalue weighted by atomic mass is 19.4. The zero-order valence-corrected chi connectivity index (χ0v) is 18.1. The quantitative estimate of drug-likeness (QED) is 0.586. The van der Waals surface area contributed by atoms with Crippen LogP contribution in [0, 0.1) is 6.92 Å². The fraction of sp³-hybridized carbons (Fsp3) is 0.348. The molecule has 0 aromatic heterocycles. The maximum Gasteiger partial charge on any atom is 0.405 e. The van der Waals surface area contributed by atoms with Gasteiger partial charge in [-0.1, -0.05) is 30.3 Å². The van der Waals surface area contributed by atoms with E-state index in [4.69, 9.17) is 0 Å². The van der Waals surface area contributed by atoms with E-state index in [9.17, 15) is 27.6 Å². The summed E-state index contributed by atoms with van der Waals surface area (Å²) in [7, 11) is 0. The van der Waals surface area contributed by atoms with Gasteiger partial charge in [-0.3, -0.25) is 9.59 Å². The van der Waals surface area contributed by atoms with Gasteiger partial charge in [-0.05, 0) is 42.2 Å². The molecular weight excluding hydrogens is 437 g/mol. The lowest BCUT2D eigenvalue weighted by Crippen LogP contribution is -2.34. The predicted molar refractivity (Wildman–Crippen MR) is 117 cm³/mol. The Labute approximate surface area is 189 Å². The van der Waals surface area contributed by atoms with Gasteiger partial charge in [0, 0.05) is 37.3 Å². The molecule has 7 nitrogen and oxygen atoms in total. The Hall–Kier alpha value is -3.56. The number of rotatable bonds is 7. The van der Waals surface area contributed by atoms with Gasteiger partial charge in [0.1, 0.15) is 6.54 Å². The van der Waals surface area contributed by atoms with Gasteiger partial charge < -0.3 is 20.9 Å². The van der Waals surface area contributed by atoms with E-state index in [2.05, 4.69) is 10.6 Å². The van der Waals surface area contributed by atoms with Crippen LogP contribution in [0.2, 0.25) is 0 Å². The van der Waals surface area contributed by atoms with Gasteiger partial charge >= 0.3 is 12.2 Å². The summed E-state index contributed by atoms with van der Waals surface area (Å²) in [5, 5.41) is 7.14. The molecule has 0 radical (unpaired) electrons. The van der Waals surface area contributed by atoms with Crippen LogP contribution in [0.15, 0.2) is 42.5 Å². The average Bonchev–Trinajstić information content (AvgIpc) is 3.16. The predicted octanol–water partition coefficient (Wildman–Crippen LogP) is 3.73. The van der Waals surface area contributed by atoms with E-state index in [-0.39, 0.29) is 18.0 Å². The Morgan fingerprint density at radius 3 is 2.52 bits per heavy atom. The van der Waals surface area contributed by atoms with Crippen molar-refractivity contribution in [1.29, 1.82) is 0 Å². The summed E-state index contributed by atoms with van der Waals surface area (Å²) < 4.78 is 37.0. The molecule has 1 saturated heterocycles. The van der Waals surface area contributed by atoms with Gasteiger partial charge in [-0.25, -0.2) is 4.79 Å². The summed E-state index contributed by atoms with van der Waals surface area (Å²) in [6, 6.07) is 11.3. The minimum Gasteiger partial charge on any atom is -0.343 e. The van der Waals surface area contributed by atoms with Crippen LogP contribution in [-0.2, 0) is 17.9 Å². The molecule has 4 amide bonds. The molecule has 33 heavy (non-hydrogen) atoms. The first kappa shape index (κ1) is 24.1. The van der Waals surface area contributed by atoms with E-state index < -0.39 is 24.7 Å². The van der Waals surface area contributed by atoms with Crippen LogP contribution >= 0.6 is 0 Å². The van der Waals surface area contributed by atoms with Gasteiger partial charge in [-0.2, -0.15) is 13.2 Å². The van der Waals surface area contributed by atoms with Crippen molar-refractivity contribution in [3.8, 4) is 0 Å². The maximum atomic E-state index is 12.4. The zero-order chi connectivity index (χ0) is 24.0. The molecule has 0 atom stereocenters. The van der Waals surface area contributed by atoms with E-state index in [0.29, 0.717) is 24.2 Å². The lowest BCUT2D eigenvalue weighted by atomic mass is 10.1. The van der Waals surface area contributed by atoms with Crippen LogP contribution in [0.25, 0.3) is 0 Å². The standard InChI is InChI=1S/C23H25F3N4O3/c1-15-7-8-18(21(32)28-14-23(24,25)26)11-19(15)29-22(33)27-12-16-4-2-5-17(10-16)13-30-9-3-6-20(30)31/h2,4-5,7-8,10-11H,3,6,9,12-14H2,1H3,(H,28,32)(H2,27,29,33). The second-order valence-electron chi connectivity index (χ2n) is 7.87. The highest BCUT2D eigenvalue weighted by Crippen LogP contribution is 2.19. The molecule has 176 valence electrons. The summed E-state index contributed by atoms with van der Waals surface area (Å²) >= 11 is 0. The number of hydrogen-bond acceptors (Lipinski definition) is 3. The Kier molecular flexibility index (Phi) is 7.57. The Morgan fingerprint density at radius 2 is 1.82 bits per heavy atom. The largest absolute Gasteiger partial charge is 0.405 e. The molecule has 0 spiro atoms. The fourth-order valence-electron chi connectivity index (χ4n) is 3.46. The summed E-state index contributed by atoms with van der Waals surface area (Å²) in [6.45, 7) is 1.78. The van der Waals surface area contributed by atoms with Gasteiger partial charge in [0.2, 0.25) is 5.91 Å². The SMILES string of the molecule is Cc1ccc(C(=O)NCC(F)(F)F)cc1NC(=O)NCc1cccc(CN2CCCC2=O)c1. The Bertz CT molecular complexity index is 1040.